The second-order valence-electron chi connectivity index (χ2n) is 7.05. The topological polar surface area (TPSA) is 50.6 Å². The molecule has 0 N–H and O–H groups in total. The molecular weight excluding hydrogens is 340 g/mol. The van der Waals surface area contributed by atoms with E-state index in [1.807, 2.05) is 21.7 Å². The minimum absolute atomic E-state index is 0.0226. The van der Waals surface area contributed by atoms with Crippen LogP contribution in [0, 0.1) is 0 Å². The number of benzene rings is 1. The van der Waals surface area contributed by atoms with E-state index >= 15 is 0 Å². The van der Waals surface area contributed by atoms with E-state index in [4.69, 9.17) is 4.74 Å². The summed E-state index contributed by atoms with van der Waals surface area (Å²) in [6.45, 7) is 6.14. The van der Waals surface area contributed by atoms with Crippen LogP contribution in [0.15, 0.2) is 42.5 Å². The van der Waals surface area contributed by atoms with Crippen LogP contribution >= 0.6 is 0 Å². The number of nitrogens with zero attached hydrogens (tertiary/aromatic N) is 4. The molecule has 1 saturated heterocycles. The van der Waals surface area contributed by atoms with E-state index in [1.54, 1.807) is 0 Å². The van der Waals surface area contributed by atoms with Gasteiger partial charge in [-0.1, -0.05) is 42.5 Å². The van der Waals surface area contributed by atoms with E-state index in [2.05, 4.69) is 46.4 Å². The molecule has 1 fully saturated rings. The molecule has 3 heterocycles. The van der Waals surface area contributed by atoms with Gasteiger partial charge in [0.25, 0.3) is 5.91 Å². The zero-order chi connectivity index (χ0) is 18.5. The van der Waals surface area contributed by atoms with Crippen LogP contribution in [0.1, 0.15) is 28.2 Å². The number of hydrogen-bond donors (Lipinski definition) is 0. The van der Waals surface area contributed by atoms with Gasteiger partial charge in [0.2, 0.25) is 0 Å². The lowest BCUT2D eigenvalue weighted by Crippen LogP contribution is -2.40. The highest BCUT2D eigenvalue weighted by atomic mass is 16.5. The molecule has 0 bridgehead atoms. The van der Waals surface area contributed by atoms with Crippen LogP contribution in [0.4, 0.5) is 0 Å². The minimum atomic E-state index is 0.0226. The monoisotopic (exact) mass is 366 g/mol. The molecule has 27 heavy (non-hydrogen) atoms. The summed E-state index contributed by atoms with van der Waals surface area (Å²) in [7, 11) is 0. The third-order valence-electron chi connectivity index (χ3n) is 5.08. The van der Waals surface area contributed by atoms with E-state index in [1.165, 1.54) is 5.56 Å². The maximum Gasteiger partial charge on any atom is 0.274 e. The van der Waals surface area contributed by atoms with Crippen molar-refractivity contribution < 1.29 is 9.53 Å². The molecule has 0 atom stereocenters. The van der Waals surface area contributed by atoms with Crippen LogP contribution in [-0.2, 0) is 17.8 Å². The lowest BCUT2D eigenvalue weighted by molar-refractivity contribution is 0.0298. The quantitative estimate of drug-likeness (QED) is 0.833. The summed E-state index contributed by atoms with van der Waals surface area (Å²) in [5.74, 6) is 0.0226. The largest absolute Gasteiger partial charge is 0.378 e. The van der Waals surface area contributed by atoms with Crippen molar-refractivity contribution in [1.82, 2.24) is 19.6 Å². The van der Waals surface area contributed by atoms with Gasteiger partial charge in [0.05, 0.1) is 18.9 Å². The molecule has 2 aromatic rings. The predicted molar refractivity (Wildman–Crippen MR) is 104 cm³/mol. The van der Waals surface area contributed by atoms with E-state index < -0.39 is 0 Å². The fraction of sp³-hybridized carbons (Fsp3) is 0.429. The van der Waals surface area contributed by atoms with Crippen LogP contribution in [0.5, 0.6) is 0 Å². The van der Waals surface area contributed by atoms with Gasteiger partial charge < -0.3 is 9.64 Å². The molecule has 2 aliphatic rings. The van der Waals surface area contributed by atoms with E-state index in [-0.39, 0.29) is 5.91 Å². The molecular formula is C21H26N4O2. The molecule has 6 heteroatoms. The minimum Gasteiger partial charge on any atom is -0.378 e. The van der Waals surface area contributed by atoms with Crippen molar-refractivity contribution in [3.05, 3.63) is 59.4 Å². The second-order valence-corrected chi connectivity index (χ2v) is 7.05. The maximum absolute atomic E-state index is 12.7. The molecule has 6 nitrogen and oxygen atoms in total. The highest BCUT2D eigenvalue weighted by molar-refractivity contribution is 5.92. The number of carbonyl (C=O) groups excluding carboxylic acids is 1. The number of ether oxygens (including phenoxy) is 1. The van der Waals surface area contributed by atoms with Crippen molar-refractivity contribution >= 4 is 12.0 Å². The fourth-order valence-electron chi connectivity index (χ4n) is 3.62. The van der Waals surface area contributed by atoms with Gasteiger partial charge in [0, 0.05) is 39.3 Å². The van der Waals surface area contributed by atoms with Gasteiger partial charge in [-0.2, -0.15) is 5.10 Å². The van der Waals surface area contributed by atoms with Gasteiger partial charge in [-0.05, 0) is 18.1 Å². The van der Waals surface area contributed by atoms with Crippen LogP contribution < -0.4 is 0 Å². The smallest absolute Gasteiger partial charge is 0.274 e. The van der Waals surface area contributed by atoms with Crippen molar-refractivity contribution in [3.8, 4) is 0 Å². The maximum atomic E-state index is 12.7. The molecule has 0 saturated carbocycles. The zero-order valence-electron chi connectivity index (χ0n) is 15.6. The number of amides is 1. The molecule has 0 radical (unpaired) electrons. The summed E-state index contributed by atoms with van der Waals surface area (Å²) in [4.78, 5) is 16.9. The SMILES string of the molecule is O=C(c1cc2n(n1)CCCN(C/C=C/c1ccccc1)C2)N1CCOCC1. The number of fused-ring (bicyclic) bond motifs is 1. The molecule has 1 aromatic carbocycles. The first kappa shape index (κ1) is 17.9. The molecule has 4 rings (SSSR count). The molecule has 0 unspecified atom stereocenters. The first-order chi connectivity index (χ1) is 13.3. The van der Waals surface area contributed by atoms with E-state index in [9.17, 15) is 4.79 Å². The first-order valence-corrected chi connectivity index (χ1v) is 9.67. The standard InChI is InChI=1S/C21H26N4O2/c26-21(24-12-14-27-15-13-24)20-16-19-17-23(10-5-11-25(19)22-20)9-4-8-18-6-2-1-3-7-18/h1-4,6-8,16H,5,9-15,17H2/b8-4+. The van der Waals surface area contributed by atoms with Gasteiger partial charge in [0.15, 0.2) is 5.69 Å². The Morgan fingerprint density at radius 2 is 1.93 bits per heavy atom. The van der Waals surface area contributed by atoms with Gasteiger partial charge in [-0.25, -0.2) is 0 Å². The Hall–Kier alpha value is -2.44. The first-order valence-electron chi connectivity index (χ1n) is 9.67. The van der Waals surface area contributed by atoms with Gasteiger partial charge in [-0.15, -0.1) is 0 Å². The molecule has 0 aliphatic carbocycles. The Morgan fingerprint density at radius 3 is 2.74 bits per heavy atom. The Labute approximate surface area is 160 Å². The summed E-state index contributed by atoms with van der Waals surface area (Å²) in [6, 6.07) is 12.3. The molecule has 0 spiro atoms. The number of aromatic nitrogens is 2. The van der Waals surface area contributed by atoms with Crippen LogP contribution in [0.3, 0.4) is 0 Å². The van der Waals surface area contributed by atoms with Crippen LogP contribution in [0.2, 0.25) is 0 Å². The summed E-state index contributed by atoms with van der Waals surface area (Å²) in [5.41, 5.74) is 2.90. The van der Waals surface area contributed by atoms with Crippen molar-refractivity contribution in [1.29, 1.82) is 0 Å². The number of hydrogen-bond acceptors (Lipinski definition) is 4. The number of rotatable bonds is 4. The summed E-state index contributed by atoms with van der Waals surface area (Å²) in [6.07, 6.45) is 5.41. The number of aryl methyl sites for hydroxylation is 1. The molecule has 1 aromatic heterocycles. The highest BCUT2D eigenvalue weighted by Gasteiger charge is 2.23. The lowest BCUT2D eigenvalue weighted by atomic mass is 10.2. The third kappa shape index (κ3) is 4.46. The summed E-state index contributed by atoms with van der Waals surface area (Å²) in [5, 5.41) is 4.59. The molecule has 142 valence electrons. The average molecular weight is 366 g/mol. The van der Waals surface area contributed by atoms with Crippen molar-refractivity contribution in [2.45, 2.75) is 19.5 Å². The lowest BCUT2D eigenvalue weighted by Gasteiger charge is -2.26. The zero-order valence-corrected chi connectivity index (χ0v) is 15.6. The highest BCUT2D eigenvalue weighted by Crippen LogP contribution is 2.16. The van der Waals surface area contributed by atoms with Crippen LogP contribution in [-0.4, -0.2) is 64.9 Å². The van der Waals surface area contributed by atoms with Gasteiger partial charge >= 0.3 is 0 Å². The Morgan fingerprint density at radius 1 is 1.11 bits per heavy atom. The molecule has 1 amide bonds. The van der Waals surface area contributed by atoms with E-state index in [0.29, 0.717) is 32.0 Å². The summed E-state index contributed by atoms with van der Waals surface area (Å²) >= 11 is 0. The van der Waals surface area contributed by atoms with Crippen molar-refractivity contribution in [2.75, 3.05) is 39.4 Å². The summed E-state index contributed by atoms with van der Waals surface area (Å²) < 4.78 is 7.34. The van der Waals surface area contributed by atoms with Crippen molar-refractivity contribution in [3.63, 3.8) is 0 Å². The second kappa shape index (κ2) is 8.50. The normalized spacial score (nSPS) is 18.4. The Bertz CT molecular complexity index is 794. The number of carbonyl (C=O) groups is 1. The van der Waals surface area contributed by atoms with Crippen LogP contribution in [0.25, 0.3) is 6.08 Å². The average Bonchev–Trinajstić information content (AvgIpc) is 3.01. The third-order valence-corrected chi connectivity index (χ3v) is 5.08. The van der Waals surface area contributed by atoms with E-state index in [0.717, 1.165) is 38.3 Å². The Balaban J connectivity index is 1.40. The van der Waals surface area contributed by atoms with Gasteiger partial charge in [0.1, 0.15) is 0 Å². The Kier molecular flexibility index (Phi) is 5.65. The predicted octanol–water partition coefficient (Wildman–Crippen LogP) is 2.27. The van der Waals surface area contributed by atoms with Gasteiger partial charge in [-0.3, -0.25) is 14.4 Å². The fourth-order valence-corrected chi connectivity index (χ4v) is 3.62. The number of morpholine rings is 1. The molecule has 2 aliphatic heterocycles. The van der Waals surface area contributed by atoms with Crippen molar-refractivity contribution in [2.24, 2.45) is 0 Å².